The van der Waals surface area contributed by atoms with Gasteiger partial charge in [0.1, 0.15) is 5.82 Å². The van der Waals surface area contributed by atoms with Gasteiger partial charge in [-0.05, 0) is 13.0 Å². The molecule has 1 rings (SSSR count). The van der Waals surface area contributed by atoms with Gasteiger partial charge in [0.15, 0.2) is 0 Å². The van der Waals surface area contributed by atoms with Gasteiger partial charge in [0, 0.05) is 26.1 Å². The molecule has 5 heteroatoms. The molecule has 1 aromatic heterocycles. The Hall–Kier alpha value is -1.78. The summed E-state index contributed by atoms with van der Waals surface area (Å²) in [4.78, 5) is 6.28. The average molecular weight is 222 g/mol. The number of rotatable bonds is 6. The Morgan fingerprint density at radius 1 is 1.56 bits per heavy atom. The number of hydrogen-bond donors (Lipinski definition) is 2. The summed E-state index contributed by atoms with van der Waals surface area (Å²) in [5.41, 5.74) is 5.31. The van der Waals surface area contributed by atoms with Crippen LogP contribution in [0.2, 0.25) is 0 Å². The van der Waals surface area contributed by atoms with Crippen molar-refractivity contribution >= 4 is 11.7 Å². The standard InChI is InChI=1S/C11H18N4O/c1-3-16-11-6-4-5-10(14-11)15(2)8-7-9(12)13/h4-6H,3,7-8H2,1-2H3,(H3,12,13). The quantitative estimate of drug-likeness (QED) is 0.561. The summed E-state index contributed by atoms with van der Waals surface area (Å²) in [7, 11) is 1.92. The fraction of sp³-hybridized carbons (Fsp3) is 0.455. The molecule has 5 nitrogen and oxygen atoms in total. The van der Waals surface area contributed by atoms with Crippen LogP contribution in [0.1, 0.15) is 13.3 Å². The van der Waals surface area contributed by atoms with E-state index in [1.165, 1.54) is 0 Å². The summed E-state index contributed by atoms with van der Waals surface area (Å²) in [5, 5.41) is 7.16. The second-order valence-corrected chi connectivity index (χ2v) is 3.46. The molecule has 0 atom stereocenters. The van der Waals surface area contributed by atoms with E-state index in [0.29, 0.717) is 25.5 Å². The number of ether oxygens (including phenoxy) is 1. The van der Waals surface area contributed by atoms with Gasteiger partial charge >= 0.3 is 0 Å². The summed E-state index contributed by atoms with van der Waals surface area (Å²) in [6.45, 7) is 3.21. The largest absolute Gasteiger partial charge is 0.478 e. The Kier molecular flexibility index (Phi) is 4.57. The minimum Gasteiger partial charge on any atom is -0.478 e. The molecule has 0 bridgehead atoms. The van der Waals surface area contributed by atoms with E-state index in [0.717, 1.165) is 5.82 Å². The first-order chi connectivity index (χ1) is 7.63. The van der Waals surface area contributed by atoms with E-state index >= 15 is 0 Å². The van der Waals surface area contributed by atoms with Crippen LogP contribution in [0.4, 0.5) is 5.82 Å². The van der Waals surface area contributed by atoms with Crippen molar-refractivity contribution in [3.8, 4) is 5.88 Å². The maximum absolute atomic E-state index is 7.16. The summed E-state index contributed by atoms with van der Waals surface area (Å²) < 4.78 is 5.32. The third kappa shape index (κ3) is 3.76. The van der Waals surface area contributed by atoms with Gasteiger partial charge in [-0.3, -0.25) is 5.41 Å². The second-order valence-electron chi connectivity index (χ2n) is 3.46. The van der Waals surface area contributed by atoms with Crippen LogP contribution < -0.4 is 15.4 Å². The number of aromatic nitrogens is 1. The maximum Gasteiger partial charge on any atom is 0.215 e. The Morgan fingerprint density at radius 2 is 2.31 bits per heavy atom. The van der Waals surface area contributed by atoms with Gasteiger partial charge in [-0.2, -0.15) is 4.98 Å². The zero-order valence-corrected chi connectivity index (χ0v) is 9.73. The third-order valence-electron chi connectivity index (χ3n) is 2.11. The van der Waals surface area contributed by atoms with Gasteiger partial charge in [-0.25, -0.2) is 0 Å². The van der Waals surface area contributed by atoms with Gasteiger partial charge < -0.3 is 15.4 Å². The normalized spacial score (nSPS) is 9.88. The molecule has 1 heterocycles. The van der Waals surface area contributed by atoms with Crippen LogP contribution in [0, 0.1) is 5.41 Å². The van der Waals surface area contributed by atoms with Crippen molar-refractivity contribution in [2.24, 2.45) is 5.73 Å². The van der Waals surface area contributed by atoms with Crippen molar-refractivity contribution in [2.75, 3.05) is 25.1 Å². The molecule has 1 aromatic rings. The van der Waals surface area contributed by atoms with Crippen molar-refractivity contribution in [3.05, 3.63) is 18.2 Å². The predicted octanol–water partition coefficient (Wildman–Crippen LogP) is 1.24. The van der Waals surface area contributed by atoms with Crippen LogP contribution in [-0.2, 0) is 0 Å². The molecule has 0 aliphatic rings. The van der Waals surface area contributed by atoms with Crippen molar-refractivity contribution < 1.29 is 4.74 Å². The Morgan fingerprint density at radius 3 is 2.94 bits per heavy atom. The first-order valence-corrected chi connectivity index (χ1v) is 5.27. The molecule has 0 aliphatic heterocycles. The lowest BCUT2D eigenvalue weighted by Crippen LogP contribution is -2.24. The Balaban J connectivity index is 2.63. The van der Waals surface area contributed by atoms with E-state index in [4.69, 9.17) is 15.9 Å². The fourth-order valence-electron chi connectivity index (χ4n) is 1.25. The lowest BCUT2D eigenvalue weighted by Gasteiger charge is -2.18. The second kappa shape index (κ2) is 5.95. The number of nitrogens with one attached hydrogen (secondary N) is 1. The van der Waals surface area contributed by atoms with Crippen LogP contribution in [0.25, 0.3) is 0 Å². The topological polar surface area (TPSA) is 75.2 Å². The Bertz CT molecular complexity index is 354. The number of hydrogen-bond acceptors (Lipinski definition) is 4. The minimum absolute atomic E-state index is 0.188. The smallest absolute Gasteiger partial charge is 0.215 e. The molecule has 0 aliphatic carbocycles. The number of amidine groups is 1. The Labute approximate surface area is 95.7 Å². The number of pyridine rings is 1. The zero-order valence-electron chi connectivity index (χ0n) is 9.73. The van der Waals surface area contributed by atoms with Crippen LogP contribution in [-0.4, -0.2) is 31.0 Å². The molecule has 88 valence electrons. The van der Waals surface area contributed by atoms with E-state index < -0.39 is 0 Å². The van der Waals surface area contributed by atoms with Crippen LogP contribution in [0.15, 0.2) is 18.2 Å². The molecule has 0 saturated carbocycles. The molecule has 16 heavy (non-hydrogen) atoms. The van der Waals surface area contributed by atoms with Gasteiger partial charge in [-0.1, -0.05) is 6.07 Å². The lowest BCUT2D eigenvalue weighted by atomic mass is 10.3. The molecule has 3 N–H and O–H groups in total. The molecule has 0 aromatic carbocycles. The van der Waals surface area contributed by atoms with Crippen LogP contribution in [0.5, 0.6) is 5.88 Å². The monoisotopic (exact) mass is 222 g/mol. The molecule has 0 radical (unpaired) electrons. The fourth-order valence-corrected chi connectivity index (χ4v) is 1.25. The highest BCUT2D eigenvalue weighted by molar-refractivity contribution is 5.77. The van der Waals surface area contributed by atoms with Crippen molar-refractivity contribution in [3.63, 3.8) is 0 Å². The molecule has 0 unspecified atom stereocenters. The maximum atomic E-state index is 7.16. The first kappa shape index (κ1) is 12.3. The van der Waals surface area contributed by atoms with Gasteiger partial charge in [-0.15, -0.1) is 0 Å². The molecule has 0 fully saturated rings. The van der Waals surface area contributed by atoms with Crippen LogP contribution in [0.3, 0.4) is 0 Å². The minimum atomic E-state index is 0.188. The van der Waals surface area contributed by atoms with Gasteiger partial charge in [0.05, 0.1) is 12.4 Å². The molecular weight excluding hydrogens is 204 g/mol. The van der Waals surface area contributed by atoms with Crippen molar-refractivity contribution in [1.82, 2.24) is 4.98 Å². The average Bonchev–Trinajstić information content (AvgIpc) is 2.26. The SMILES string of the molecule is CCOc1cccc(N(C)CCC(=N)N)n1. The number of anilines is 1. The van der Waals surface area contributed by atoms with E-state index in [1.54, 1.807) is 0 Å². The lowest BCUT2D eigenvalue weighted by molar-refractivity contribution is 0.327. The van der Waals surface area contributed by atoms with E-state index in [-0.39, 0.29) is 5.84 Å². The number of nitrogens with two attached hydrogens (primary N) is 1. The number of nitrogens with zero attached hydrogens (tertiary/aromatic N) is 2. The molecule has 0 saturated heterocycles. The molecule has 0 spiro atoms. The summed E-state index contributed by atoms with van der Waals surface area (Å²) >= 11 is 0. The molecular formula is C11H18N4O. The highest BCUT2D eigenvalue weighted by Gasteiger charge is 2.04. The molecule has 0 amide bonds. The summed E-state index contributed by atoms with van der Waals surface area (Å²) in [5.74, 6) is 1.63. The van der Waals surface area contributed by atoms with Gasteiger partial charge in [0.2, 0.25) is 5.88 Å². The third-order valence-corrected chi connectivity index (χ3v) is 2.11. The first-order valence-electron chi connectivity index (χ1n) is 5.27. The van der Waals surface area contributed by atoms with E-state index in [2.05, 4.69) is 4.98 Å². The summed E-state index contributed by atoms with van der Waals surface area (Å²) in [6, 6.07) is 5.63. The van der Waals surface area contributed by atoms with Crippen LogP contribution >= 0.6 is 0 Å². The highest BCUT2D eigenvalue weighted by Crippen LogP contribution is 2.14. The van der Waals surface area contributed by atoms with Gasteiger partial charge in [0.25, 0.3) is 0 Å². The van der Waals surface area contributed by atoms with E-state index in [9.17, 15) is 0 Å². The van der Waals surface area contributed by atoms with E-state index in [1.807, 2.05) is 37.1 Å². The van der Waals surface area contributed by atoms with Crippen molar-refractivity contribution in [1.29, 1.82) is 5.41 Å². The zero-order chi connectivity index (χ0) is 12.0. The predicted molar refractivity (Wildman–Crippen MR) is 65.2 cm³/mol. The summed E-state index contributed by atoms with van der Waals surface area (Å²) in [6.07, 6.45) is 0.539. The highest BCUT2D eigenvalue weighted by atomic mass is 16.5. The van der Waals surface area contributed by atoms with Crippen molar-refractivity contribution in [2.45, 2.75) is 13.3 Å².